The van der Waals surface area contributed by atoms with E-state index in [2.05, 4.69) is 24.5 Å². The standard InChI is InChI=1S/C13H26N2O2S/c1-4-13(5-2)10-11(6-8-17-13)15-12(18)14-7-9-16-3/h11H,4-10H2,1-3H3,(H2,14,15,18). The van der Waals surface area contributed by atoms with E-state index in [1.54, 1.807) is 7.11 Å². The summed E-state index contributed by atoms with van der Waals surface area (Å²) in [5.41, 5.74) is 0.0397. The van der Waals surface area contributed by atoms with Crippen LogP contribution in [0, 0.1) is 0 Å². The van der Waals surface area contributed by atoms with E-state index in [4.69, 9.17) is 21.7 Å². The Morgan fingerprint density at radius 2 is 2.17 bits per heavy atom. The first-order chi connectivity index (χ1) is 8.65. The van der Waals surface area contributed by atoms with E-state index < -0.39 is 0 Å². The van der Waals surface area contributed by atoms with Crippen LogP contribution in [0.2, 0.25) is 0 Å². The van der Waals surface area contributed by atoms with Crippen LogP contribution in [0.3, 0.4) is 0 Å². The smallest absolute Gasteiger partial charge is 0.166 e. The van der Waals surface area contributed by atoms with Gasteiger partial charge in [-0.3, -0.25) is 0 Å². The molecule has 1 aliphatic rings. The summed E-state index contributed by atoms with van der Waals surface area (Å²) in [7, 11) is 1.69. The van der Waals surface area contributed by atoms with E-state index in [1.165, 1.54) is 0 Å². The summed E-state index contributed by atoms with van der Waals surface area (Å²) >= 11 is 5.28. The largest absolute Gasteiger partial charge is 0.383 e. The van der Waals surface area contributed by atoms with Crippen LogP contribution in [-0.4, -0.2) is 43.6 Å². The number of hydrogen-bond acceptors (Lipinski definition) is 3. The number of rotatable bonds is 6. The molecule has 0 saturated carbocycles. The van der Waals surface area contributed by atoms with Gasteiger partial charge in [-0.15, -0.1) is 0 Å². The minimum absolute atomic E-state index is 0.0397. The lowest BCUT2D eigenvalue weighted by molar-refractivity contribution is -0.0910. The third-order valence-corrected chi connectivity index (χ3v) is 3.97. The van der Waals surface area contributed by atoms with Crippen LogP contribution < -0.4 is 10.6 Å². The van der Waals surface area contributed by atoms with Gasteiger partial charge in [0.1, 0.15) is 0 Å². The number of nitrogens with one attached hydrogen (secondary N) is 2. The van der Waals surface area contributed by atoms with Gasteiger partial charge in [0.15, 0.2) is 5.11 Å². The fourth-order valence-electron chi connectivity index (χ4n) is 2.40. The van der Waals surface area contributed by atoms with E-state index in [9.17, 15) is 0 Å². The Morgan fingerprint density at radius 1 is 1.44 bits per heavy atom. The van der Waals surface area contributed by atoms with Gasteiger partial charge >= 0.3 is 0 Å². The van der Waals surface area contributed by atoms with E-state index in [0.29, 0.717) is 12.6 Å². The minimum Gasteiger partial charge on any atom is -0.383 e. The molecule has 1 aliphatic heterocycles. The highest BCUT2D eigenvalue weighted by Gasteiger charge is 2.34. The van der Waals surface area contributed by atoms with Gasteiger partial charge in [0, 0.05) is 26.3 Å². The average molecular weight is 274 g/mol. The Hall–Kier alpha value is -0.390. The second-order valence-electron chi connectivity index (χ2n) is 4.82. The molecule has 18 heavy (non-hydrogen) atoms. The fraction of sp³-hybridized carbons (Fsp3) is 0.923. The molecule has 0 aliphatic carbocycles. The average Bonchev–Trinajstić information content (AvgIpc) is 2.39. The van der Waals surface area contributed by atoms with Crippen LogP contribution in [0.15, 0.2) is 0 Å². The second-order valence-corrected chi connectivity index (χ2v) is 5.23. The van der Waals surface area contributed by atoms with Gasteiger partial charge in [-0.1, -0.05) is 13.8 Å². The topological polar surface area (TPSA) is 42.5 Å². The van der Waals surface area contributed by atoms with Crippen molar-refractivity contribution in [3.05, 3.63) is 0 Å². The highest BCUT2D eigenvalue weighted by molar-refractivity contribution is 7.80. The Morgan fingerprint density at radius 3 is 2.78 bits per heavy atom. The Kier molecular flexibility index (Phi) is 6.89. The maximum Gasteiger partial charge on any atom is 0.166 e. The van der Waals surface area contributed by atoms with Crippen LogP contribution in [-0.2, 0) is 9.47 Å². The first-order valence-corrected chi connectivity index (χ1v) is 7.24. The SMILES string of the molecule is CCC1(CC)CC(NC(=S)NCCOC)CCO1. The van der Waals surface area contributed by atoms with Gasteiger partial charge in [-0.2, -0.15) is 0 Å². The van der Waals surface area contributed by atoms with E-state index >= 15 is 0 Å². The Labute approximate surface area is 116 Å². The van der Waals surface area contributed by atoms with Crippen LogP contribution in [0.5, 0.6) is 0 Å². The molecule has 1 rings (SSSR count). The maximum absolute atomic E-state index is 5.95. The predicted octanol–water partition coefficient (Wildman–Crippen LogP) is 1.83. The van der Waals surface area contributed by atoms with Crippen molar-refractivity contribution in [1.29, 1.82) is 0 Å². The molecule has 0 radical (unpaired) electrons. The van der Waals surface area contributed by atoms with Gasteiger partial charge in [-0.05, 0) is 37.9 Å². The van der Waals surface area contributed by atoms with Gasteiger partial charge in [0.2, 0.25) is 0 Å². The molecule has 0 aromatic rings. The van der Waals surface area contributed by atoms with Crippen molar-refractivity contribution >= 4 is 17.3 Å². The molecule has 1 heterocycles. The fourth-order valence-corrected chi connectivity index (χ4v) is 2.67. The maximum atomic E-state index is 5.95. The van der Waals surface area contributed by atoms with Crippen molar-refractivity contribution in [2.75, 3.05) is 26.9 Å². The monoisotopic (exact) mass is 274 g/mol. The summed E-state index contributed by atoms with van der Waals surface area (Å²) in [4.78, 5) is 0. The molecular weight excluding hydrogens is 248 g/mol. The lowest BCUT2D eigenvalue weighted by atomic mass is 9.86. The molecule has 1 atom stereocenters. The van der Waals surface area contributed by atoms with Gasteiger partial charge in [0.25, 0.3) is 0 Å². The van der Waals surface area contributed by atoms with Crippen molar-refractivity contribution in [3.63, 3.8) is 0 Å². The Balaban J connectivity index is 2.35. The number of methoxy groups -OCH3 is 1. The van der Waals surface area contributed by atoms with E-state index in [-0.39, 0.29) is 5.60 Å². The third kappa shape index (κ3) is 4.71. The lowest BCUT2D eigenvalue weighted by Crippen LogP contribution is -2.50. The number of ether oxygens (including phenoxy) is 2. The number of thiocarbonyl (C=S) groups is 1. The molecule has 0 aromatic heterocycles. The van der Waals surface area contributed by atoms with Gasteiger partial charge < -0.3 is 20.1 Å². The quantitative estimate of drug-likeness (QED) is 0.571. The molecule has 1 fully saturated rings. The summed E-state index contributed by atoms with van der Waals surface area (Å²) in [6, 6.07) is 0.418. The molecule has 5 heteroatoms. The first-order valence-electron chi connectivity index (χ1n) is 6.83. The van der Waals surface area contributed by atoms with Gasteiger partial charge in [0.05, 0.1) is 12.2 Å². The van der Waals surface area contributed by atoms with Crippen molar-refractivity contribution in [1.82, 2.24) is 10.6 Å². The van der Waals surface area contributed by atoms with Crippen LogP contribution in [0.25, 0.3) is 0 Å². The predicted molar refractivity (Wildman–Crippen MR) is 77.9 cm³/mol. The summed E-state index contributed by atoms with van der Waals surface area (Å²) in [6.07, 6.45) is 4.18. The zero-order chi connectivity index (χ0) is 13.4. The zero-order valence-electron chi connectivity index (χ0n) is 11.8. The van der Waals surface area contributed by atoms with Crippen molar-refractivity contribution in [3.8, 4) is 0 Å². The molecule has 1 unspecified atom stereocenters. The van der Waals surface area contributed by atoms with Crippen molar-refractivity contribution in [2.24, 2.45) is 0 Å². The highest BCUT2D eigenvalue weighted by Crippen LogP contribution is 2.31. The van der Waals surface area contributed by atoms with Crippen LogP contribution >= 0.6 is 12.2 Å². The van der Waals surface area contributed by atoms with E-state index in [0.717, 1.165) is 43.9 Å². The van der Waals surface area contributed by atoms with Gasteiger partial charge in [-0.25, -0.2) is 0 Å². The summed E-state index contributed by atoms with van der Waals surface area (Å²) in [5.74, 6) is 0. The Bertz CT molecular complexity index is 257. The molecule has 1 saturated heterocycles. The molecule has 106 valence electrons. The van der Waals surface area contributed by atoms with E-state index in [1.807, 2.05) is 0 Å². The molecular formula is C13H26N2O2S. The minimum atomic E-state index is 0.0397. The second kappa shape index (κ2) is 7.92. The third-order valence-electron chi connectivity index (χ3n) is 3.71. The van der Waals surface area contributed by atoms with Crippen molar-refractivity contribution < 1.29 is 9.47 Å². The highest BCUT2D eigenvalue weighted by atomic mass is 32.1. The molecule has 0 amide bonds. The first kappa shape index (κ1) is 15.7. The lowest BCUT2D eigenvalue weighted by Gasteiger charge is -2.40. The molecule has 2 N–H and O–H groups in total. The van der Waals surface area contributed by atoms with Crippen LogP contribution in [0.1, 0.15) is 39.5 Å². The number of hydrogen-bond donors (Lipinski definition) is 2. The zero-order valence-corrected chi connectivity index (χ0v) is 12.6. The molecule has 0 aromatic carbocycles. The summed E-state index contributed by atoms with van der Waals surface area (Å²) in [6.45, 7) is 6.63. The molecule has 0 spiro atoms. The van der Waals surface area contributed by atoms with Crippen LogP contribution in [0.4, 0.5) is 0 Å². The summed E-state index contributed by atoms with van der Waals surface area (Å²) in [5, 5.41) is 7.26. The molecule has 4 nitrogen and oxygen atoms in total. The molecule has 0 bridgehead atoms. The van der Waals surface area contributed by atoms with Crippen molar-refractivity contribution in [2.45, 2.75) is 51.2 Å². The normalized spacial score (nSPS) is 22.5. The summed E-state index contributed by atoms with van der Waals surface area (Å²) < 4.78 is 10.9.